The molecule has 0 saturated heterocycles. The van der Waals surface area contributed by atoms with Crippen molar-refractivity contribution in [2.45, 2.75) is 26.3 Å². The lowest BCUT2D eigenvalue weighted by molar-refractivity contribution is -0.145. The van der Waals surface area contributed by atoms with Gasteiger partial charge in [0.15, 0.2) is 0 Å². The molecule has 11 heavy (non-hydrogen) atoms. The Morgan fingerprint density at radius 1 is 1.73 bits per heavy atom. The predicted molar refractivity (Wildman–Crippen MR) is 44.0 cm³/mol. The first-order chi connectivity index (χ1) is 5.26. The van der Waals surface area contributed by atoms with Gasteiger partial charge in [-0.1, -0.05) is 13.5 Å². The second-order valence-corrected chi connectivity index (χ2v) is 2.08. The Hall–Kier alpha value is -0.990. The van der Waals surface area contributed by atoms with Gasteiger partial charge in [-0.2, -0.15) is 0 Å². The number of carbonyl (C=O) groups excluding carboxylic acids is 1. The molecule has 0 aromatic heterocycles. The van der Waals surface area contributed by atoms with Gasteiger partial charge >= 0.3 is 5.97 Å². The zero-order valence-electron chi connectivity index (χ0n) is 7.09. The highest BCUT2D eigenvalue weighted by Gasteiger charge is 2.14. The molecule has 0 rings (SSSR count). The Labute approximate surface area is 67.4 Å². The molecule has 1 N–H and O–H groups in total. The smallest absolute Gasteiger partial charge is 0.328 e. The van der Waals surface area contributed by atoms with E-state index in [9.17, 15) is 4.79 Å². The Morgan fingerprint density at radius 2 is 2.36 bits per heavy atom. The average Bonchev–Trinajstić information content (AvgIpc) is 2.00. The van der Waals surface area contributed by atoms with Crippen LogP contribution >= 0.6 is 0 Å². The summed E-state index contributed by atoms with van der Waals surface area (Å²) in [6.45, 7) is 7.60. The molecule has 0 aliphatic carbocycles. The van der Waals surface area contributed by atoms with Gasteiger partial charge in [0.1, 0.15) is 6.04 Å². The summed E-state index contributed by atoms with van der Waals surface area (Å²) in [5.41, 5.74) is 0. The van der Waals surface area contributed by atoms with E-state index in [1.807, 2.05) is 6.92 Å². The van der Waals surface area contributed by atoms with Crippen LogP contribution in [0.3, 0.4) is 0 Å². The van der Waals surface area contributed by atoms with Crippen LogP contribution < -0.4 is 5.32 Å². The number of nitrogens with one attached hydrogen (secondary N) is 1. The van der Waals surface area contributed by atoms with Crippen molar-refractivity contribution in [3.8, 4) is 0 Å². The average molecular weight is 157 g/mol. The van der Waals surface area contributed by atoms with Crippen molar-refractivity contribution < 1.29 is 9.53 Å². The molecule has 0 radical (unpaired) electrons. The Kier molecular flexibility index (Phi) is 5.25. The zero-order valence-corrected chi connectivity index (χ0v) is 7.09. The molecule has 64 valence electrons. The van der Waals surface area contributed by atoms with Gasteiger partial charge in [0, 0.05) is 0 Å². The van der Waals surface area contributed by atoms with Gasteiger partial charge in [0.25, 0.3) is 0 Å². The van der Waals surface area contributed by atoms with Crippen LogP contribution in [0.15, 0.2) is 12.8 Å². The summed E-state index contributed by atoms with van der Waals surface area (Å²) >= 11 is 0. The van der Waals surface area contributed by atoms with Crippen LogP contribution in [-0.2, 0) is 9.53 Å². The number of rotatable bonds is 5. The van der Waals surface area contributed by atoms with Gasteiger partial charge in [-0.05, 0) is 19.5 Å². The summed E-state index contributed by atoms with van der Waals surface area (Å²) in [6.07, 6.45) is 2.22. The summed E-state index contributed by atoms with van der Waals surface area (Å²) in [5, 5.41) is 2.81. The maximum Gasteiger partial charge on any atom is 0.328 e. The first kappa shape index (κ1) is 10.0. The third kappa shape index (κ3) is 3.65. The minimum atomic E-state index is -0.243. The van der Waals surface area contributed by atoms with E-state index < -0.39 is 0 Å². The topological polar surface area (TPSA) is 38.3 Å². The van der Waals surface area contributed by atoms with E-state index in [2.05, 4.69) is 11.9 Å². The van der Waals surface area contributed by atoms with Gasteiger partial charge in [-0.15, -0.1) is 0 Å². The van der Waals surface area contributed by atoms with E-state index in [0.29, 0.717) is 13.0 Å². The molecule has 0 saturated carbocycles. The monoisotopic (exact) mass is 157 g/mol. The van der Waals surface area contributed by atoms with Crippen molar-refractivity contribution in [2.24, 2.45) is 0 Å². The van der Waals surface area contributed by atoms with Gasteiger partial charge < -0.3 is 10.1 Å². The normalized spacial score (nSPS) is 11.8. The van der Waals surface area contributed by atoms with E-state index in [1.54, 1.807) is 6.92 Å². The molecule has 0 aliphatic rings. The lowest BCUT2D eigenvalue weighted by atomic mass is 10.2. The minimum Gasteiger partial charge on any atom is -0.464 e. The molecule has 0 heterocycles. The second-order valence-electron chi connectivity index (χ2n) is 2.08. The number of ether oxygens (including phenoxy) is 1. The molecule has 0 aliphatic heterocycles. The lowest BCUT2D eigenvalue weighted by Crippen LogP contribution is -2.33. The van der Waals surface area contributed by atoms with Crippen LogP contribution in [0.2, 0.25) is 0 Å². The molecule has 0 aromatic rings. The summed E-state index contributed by atoms with van der Waals surface area (Å²) < 4.78 is 4.80. The minimum absolute atomic E-state index is 0.213. The van der Waals surface area contributed by atoms with E-state index in [-0.39, 0.29) is 12.0 Å². The zero-order chi connectivity index (χ0) is 8.69. The Bertz CT molecular complexity index is 134. The van der Waals surface area contributed by atoms with Crippen LogP contribution in [0.5, 0.6) is 0 Å². The van der Waals surface area contributed by atoms with Crippen molar-refractivity contribution >= 4 is 5.97 Å². The van der Waals surface area contributed by atoms with Gasteiger partial charge in [-0.25, -0.2) is 4.79 Å². The van der Waals surface area contributed by atoms with Crippen LogP contribution in [0.25, 0.3) is 0 Å². The van der Waals surface area contributed by atoms with Gasteiger partial charge in [0.05, 0.1) is 6.61 Å². The predicted octanol–water partition coefficient (Wildman–Crippen LogP) is 1.06. The largest absolute Gasteiger partial charge is 0.464 e. The molecule has 0 aromatic carbocycles. The van der Waals surface area contributed by atoms with Crippen LogP contribution in [-0.4, -0.2) is 18.6 Å². The maximum atomic E-state index is 11.0. The number of hydrogen-bond acceptors (Lipinski definition) is 3. The molecule has 1 atom stereocenters. The molecular weight excluding hydrogens is 142 g/mol. The lowest BCUT2D eigenvalue weighted by Gasteiger charge is -2.12. The Morgan fingerprint density at radius 3 is 2.73 bits per heavy atom. The van der Waals surface area contributed by atoms with Crippen molar-refractivity contribution in [2.75, 3.05) is 6.61 Å². The van der Waals surface area contributed by atoms with E-state index in [1.165, 1.54) is 6.20 Å². The summed E-state index contributed by atoms with van der Waals surface area (Å²) in [4.78, 5) is 11.0. The SMILES string of the molecule is C=CNC(CC)C(=O)OCC. The molecular formula is C8H15NO2. The van der Waals surface area contributed by atoms with Crippen molar-refractivity contribution in [3.63, 3.8) is 0 Å². The molecule has 1 unspecified atom stereocenters. The van der Waals surface area contributed by atoms with Gasteiger partial charge in [0.2, 0.25) is 0 Å². The number of hydrogen-bond donors (Lipinski definition) is 1. The van der Waals surface area contributed by atoms with E-state index in [4.69, 9.17) is 4.74 Å². The highest BCUT2D eigenvalue weighted by Crippen LogP contribution is 1.94. The van der Waals surface area contributed by atoms with E-state index in [0.717, 1.165) is 0 Å². The van der Waals surface area contributed by atoms with Crippen LogP contribution in [0.4, 0.5) is 0 Å². The fourth-order valence-electron chi connectivity index (χ4n) is 0.738. The summed E-state index contributed by atoms with van der Waals surface area (Å²) in [6, 6.07) is -0.243. The van der Waals surface area contributed by atoms with Crippen molar-refractivity contribution in [1.29, 1.82) is 0 Å². The Balaban J connectivity index is 3.80. The van der Waals surface area contributed by atoms with Crippen molar-refractivity contribution in [3.05, 3.63) is 12.8 Å². The molecule has 0 spiro atoms. The quantitative estimate of drug-likeness (QED) is 0.606. The second kappa shape index (κ2) is 5.77. The summed E-state index contributed by atoms with van der Waals surface area (Å²) in [5.74, 6) is -0.213. The molecule has 3 nitrogen and oxygen atoms in total. The highest BCUT2D eigenvalue weighted by atomic mass is 16.5. The highest BCUT2D eigenvalue weighted by molar-refractivity contribution is 5.75. The fraction of sp³-hybridized carbons (Fsp3) is 0.625. The molecule has 0 amide bonds. The first-order valence-corrected chi connectivity index (χ1v) is 3.79. The molecule has 0 fully saturated rings. The molecule has 3 heteroatoms. The maximum absolute atomic E-state index is 11.0. The molecule has 0 bridgehead atoms. The fourth-order valence-corrected chi connectivity index (χ4v) is 0.738. The van der Waals surface area contributed by atoms with Crippen LogP contribution in [0, 0.1) is 0 Å². The third-order valence-corrected chi connectivity index (χ3v) is 1.30. The standard InChI is InChI=1S/C8H15NO2/c1-4-7(9-5-2)8(10)11-6-3/h5,7,9H,2,4,6H2,1,3H3. The van der Waals surface area contributed by atoms with Crippen LogP contribution in [0.1, 0.15) is 20.3 Å². The first-order valence-electron chi connectivity index (χ1n) is 3.79. The van der Waals surface area contributed by atoms with Crippen molar-refractivity contribution in [1.82, 2.24) is 5.32 Å². The van der Waals surface area contributed by atoms with Gasteiger partial charge in [-0.3, -0.25) is 0 Å². The number of esters is 1. The number of carbonyl (C=O) groups is 1. The third-order valence-electron chi connectivity index (χ3n) is 1.30. The summed E-state index contributed by atoms with van der Waals surface area (Å²) in [7, 11) is 0. The van der Waals surface area contributed by atoms with E-state index >= 15 is 0 Å².